The van der Waals surface area contributed by atoms with E-state index in [4.69, 9.17) is 0 Å². The van der Waals surface area contributed by atoms with Crippen LogP contribution in [0.3, 0.4) is 0 Å². The summed E-state index contributed by atoms with van der Waals surface area (Å²) in [6, 6.07) is 5.42. The number of nitrogens with zero attached hydrogens (tertiary/aromatic N) is 1. The number of Topliss-reactive ketones (excluding diaryl/α,β-unsaturated/α-hetero) is 1. The summed E-state index contributed by atoms with van der Waals surface area (Å²) in [5.74, 6) is 0.406. The fourth-order valence-electron chi connectivity index (χ4n) is 3.71. The van der Waals surface area contributed by atoms with Crippen molar-refractivity contribution in [3.63, 3.8) is 0 Å². The molecule has 2 unspecified atom stereocenters. The van der Waals surface area contributed by atoms with E-state index >= 15 is 0 Å². The Labute approximate surface area is 113 Å². The monoisotopic (exact) mass is 261 g/mol. The highest BCUT2D eigenvalue weighted by atomic mass is 19.1. The standard InChI is InChI=1S/C16H20FNO/c1-11(19)13-7-8-16(14(17)10-13)18-9-3-5-12-4-2-6-15(12)18/h7-8,10,12,15H,2-6,9H2,1H3. The molecule has 0 radical (unpaired) electrons. The van der Waals surface area contributed by atoms with Crippen LogP contribution in [-0.4, -0.2) is 18.4 Å². The van der Waals surface area contributed by atoms with Gasteiger partial charge in [0.2, 0.25) is 0 Å². The van der Waals surface area contributed by atoms with Gasteiger partial charge in [-0.2, -0.15) is 0 Å². The first-order valence-electron chi connectivity index (χ1n) is 7.24. The average Bonchev–Trinajstić information content (AvgIpc) is 2.86. The zero-order valence-electron chi connectivity index (χ0n) is 11.4. The molecule has 1 heterocycles. The van der Waals surface area contributed by atoms with E-state index in [0.717, 1.165) is 18.9 Å². The lowest BCUT2D eigenvalue weighted by molar-refractivity contribution is 0.101. The lowest BCUT2D eigenvalue weighted by Gasteiger charge is -2.39. The van der Waals surface area contributed by atoms with Gasteiger partial charge in [0, 0.05) is 18.2 Å². The first kappa shape index (κ1) is 12.6. The van der Waals surface area contributed by atoms with Gasteiger partial charge in [-0.15, -0.1) is 0 Å². The quantitative estimate of drug-likeness (QED) is 0.755. The lowest BCUT2D eigenvalue weighted by atomic mass is 9.91. The highest BCUT2D eigenvalue weighted by Crippen LogP contribution is 2.39. The predicted molar refractivity (Wildman–Crippen MR) is 74.1 cm³/mol. The minimum atomic E-state index is -0.250. The summed E-state index contributed by atoms with van der Waals surface area (Å²) in [4.78, 5) is 13.5. The molecule has 2 nitrogen and oxygen atoms in total. The Morgan fingerprint density at radius 2 is 2.05 bits per heavy atom. The summed E-state index contributed by atoms with van der Waals surface area (Å²) in [5.41, 5.74) is 1.14. The third-order valence-electron chi connectivity index (χ3n) is 4.66. The van der Waals surface area contributed by atoms with Crippen LogP contribution in [-0.2, 0) is 0 Å². The van der Waals surface area contributed by atoms with E-state index in [-0.39, 0.29) is 11.6 Å². The van der Waals surface area contributed by atoms with Crippen molar-refractivity contribution in [2.45, 2.75) is 45.1 Å². The Balaban J connectivity index is 1.90. The van der Waals surface area contributed by atoms with Crippen molar-refractivity contribution < 1.29 is 9.18 Å². The normalized spacial score (nSPS) is 26.3. The summed E-state index contributed by atoms with van der Waals surface area (Å²) < 4.78 is 14.3. The van der Waals surface area contributed by atoms with E-state index in [0.29, 0.717) is 17.3 Å². The summed E-state index contributed by atoms with van der Waals surface area (Å²) in [6.07, 6.45) is 6.16. The topological polar surface area (TPSA) is 20.3 Å². The summed E-state index contributed by atoms with van der Waals surface area (Å²) in [7, 11) is 0. The van der Waals surface area contributed by atoms with E-state index in [1.165, 1.54) is 38.7 Å². The molecule has 2 atom stereocenters. The number of anilines is 1. The molecule has 1 saturated carbocycles. The maximum absolute atomic E-state index is 14.3. The number of hydrogen-bond donors (Lipinski definition) is 0. The van der Waals surface area contributed by atoms with Gasteiger partial charge in [-0.1, -0.05) is 6.42 Å². The molecule has 2 fully saturated rings. The number of ketones is 1. The minimum Gasteiger partial charge on any atom is -0.366 e. The van der Waals surface area contributed by atoms with Crippen LogP contribution in [0.25, 0.3) is 0 Å². The van der Waals surface area contributed by atoms with Gasteiger partial charge in [0.15, 0.2) is 5.78 Å². The predicted octanol–water partition coefficient (Wildman–Crippen LogP) is 3.80. The number of hydrogen-bond acceptors (Lipinski definition) is 2. The van der Waals surface area contributed by atoms with Gasteiger partial charge in [-0.25, -0.2) is 4.39 Å². The smallest absolute Gasteiger partial charge is 0.159 e. The van der Waals surface area contributed by atoms with Gasteiger partial charge in [-0.3, -0.25) is 4.79 Å². The molecule has 0 bridgehead atoms. The highest BCUT2D eigenvalue weighted by molar-refractivity contribution is 5.94. The summed E-state index contributed by atoms with van der Waals surface area (Å²) in [6.45, 7) is 2.42. The van der Waals surface area contributed by atoms with Crippen molar-refractivity contribution in [2.75, 3.05) is 11.4 Å². The van der Waals surface area contributed by atoms with Crippen molar-refractivity contribution >= 4 is 11.5 Å². The molecule has 102 valence electrons. The van der Waals surface area contributed by atoms with Crippen LogP contribution in [0.15, 0.2) is 18.2 Å². The van der Waals surface area contributed by atoms with Crippen LogP contribution in [0, 0.1) is 11.7 Å². The zero-order valence-corrected chi connectivity index (χ0v) is 11.4. The van der Waals surface area contributed by atoms with Crippen LogP contribution in [0.5, 0.6) is 0 Å². The summed E-state index contributed by atoms with van der Waals surface area (Å²) >= 11 is 0. The van der Waals surface area contributed by atoms with Crippen molar-refractivity contribution in [1.29, 1.82) is 0 Å². The highest BCUT2D eigenvalue weighted by Gasteiger charge is 2.35. The van der Waals surface area contributed by atoms with E-state index in [1.807, 2.05) is 0 Å². The molecule has 1 aromatic carbocycles. The van der Waals surface area contributed by atoms with Gasteiger partial charge in [0.1, 0.15) is 5.82 Å². The van der Waals surface area contributed by atoms with Gasteiger partial charge in [0.05, 0.1) is 5.69 Å². The molecule has 1 aliphatic heterocycles. The van der Waals surface area contributed by atoms with Crippen LogP contribution in [0.1, 0.15) is 49.4 Å². The molecule has 1 saturated heterocycles. The fourth-order valence-corrected chi connectivity index (χ4v) is 3.71. The minimum absolute atomic E-state index is 0.0807. The third kappa shape index (κ3) is 2.26. The number of halogens is 1. The number of carbonyl (C=O) groups is 1. The van der Waals surface area contributed by atoms with Gasteiger partial charge in [-0.05, 0) is 56.7 Å². The Hall–Kier alpha value is -1.38. The molecule has 0 N–H and O–H groups in total. The fraction of sp³-hybridized carbons (Fsp3) is 0.562. The molecule has 0 amide bonds. The third-order valence-corrected chi connectivity index (χ3v) is 4.66. The molecule has 1 aromatic rings. The number of piperidine rings is 1. The Bertz CT molecular complexity index is 500. The summed E-state index contributed by atoms with van der Waals surface area (Å²) in [5, 5.41) is 0. The molecule has 0 aromatic heterocycles. The van der Waals surface area contributed by atoms with E-state index in [1.54, 1.807) is 12.1 Å². The van der Waals surface area contributed by atoms with Crippen molar-refractivity contribution in [3.05, 3.63) is 29.6 Å². The number of fused-ring (bicyclic) bond motifs is 1. The van der Waals surface area contributed by atoms with E-state index in [9.17, 15) is 9.18 Å². The molecule has 3 heteroatoms. The second kappa shape index (κ2) is 4.95. The first-order valence-corrected chi connectivity index (χ1v) is 7.24. The van der Waals surface area contributed by atoms with E-state index < -0.39 is 0 Å². The van der Waals surface area contributed by atoms with Gasteiger partial charge >= 0.3 is 0 Å². The number of rotatable bonds is 2. The molecular formula is C16H20FNO. The second-order valence-electron chi connectivity index (χ2n) is 5.82. The molecular weight excluding hydrogens is 241 g/mol. The van der Waals surface area contributed by atoms with Crippen molar-refractivity contribution in [2.24, 2.45) is 5.92 Å². The first-order chi connectivity index (χ1) is 9.16. The van der Waals surface area contributed by atoms with Crippen molar-refractivity contribution in [1.82, 2.24) is 0 Å². The second-order valence-corrected chi connectivity index (χ2v) is 5.82. The molecule has 1 aliphatic carbocycles. The average molecular weight is 261 g/mol. The zero-order chi connectivity index (χ0) is 13.4. The van der Waals surface area contributed by atoms with E-state index in [2.05, 4.69) is 4.90 Å². The molecule has 0 spiro atoms. The van der Waals surface area contributed by atoms with Crippen molar-refractivity contribution in [3.8, 4) is 0 Å². The molecule has 2 aliphatic rings. The van der Waals surface area contributed by atoms with Crippen LogP contribution >= 0.6 is 0 Å². The Morgan fingerprint density at radius 1 is 1.26 bits per heavy atom. The maximum atomic E-state index is 14.3. The number of carbonyl (C=O) groups excluding carboxylic acids is 1. The van der Waals surface area contributed by atoms with Crippen LogP contribution in [0.4, 0.5) is 10.1 Å². The SMILES string of the molecule is CC(=O)c1ccc(N2CCCC3CCCC32)c(F)c1. The van der Waals surface area contributed by atoms with Crippen LogP contribution < -0.4 is 4.90 Å². The molecule has 19 heavy (non-hydrogen) atoms. The van der Waals surface area contributed by atoms with Gasteiger partial charge in [0.25, 0.3) is 0 Å². The maximum Gasteiger partial charge on any atom is 0.159 e. The Morgan fingerprint density at radius 3 is 2.79 bits per heavy atom. The Kier molecular flexibility index (Phi) is 3.29. The van der Waals surface area contributed by atoms with Crippen LogP contribution in [0.2, 0.25) is 0 Å². The number of benzene rings is 1. The molecule has 3 rings (SSSR count). The largest absolute Gasteiger partial charge is 0.366 e. The van der Waals surface area contributed by atoms with Gasteiger partial charge < -0.3 is 4.90 Å². The lowest BCUT2D eigenvalue weighted by Crippen LogP contribution is -2.43.